The summed E-state index contributed by atoms with van der Waals surface area (Å²) in [7, 11) is 0. The van der Waals surface area contributed by atoms with Crippen molar-refractivity contribution < 1.29 is 14.3 Å². The number of hydrogen-bond acceptors (Lipinski definition) is 6. The molecule has 0 atom stereocenters. The minimum Gasteiger partial charge on any atom is -0.440 e. The van der Waals surface area contributed by atoms with Gasteiger partial charge < -0.3 is 4.42 Å². The summed E-state index contributed by atoms with van der Waals surface area (Å²) in [6.07, 6.45) is 3.75. The van der Waals surface area contributed by atoms with Gasteiger partial charge in [-0.25, -0.2) is 4.98 Å². The van der Waals surface area contributed by atoms with Crippen LogP contribution in [0.4, 0.5) is 11.4 Å². The topological polar surface area (TPSA) is 112 Å². The highest BCUT2D eigenvalue weighted by atomic mass is 16.6. The fourth-order valence-electron chi connectivity index (χ4n) is 2.86. The molecule has 0 saturated heterocycles. The van der Waals surface area contributed by atoms with E-state index in [0.29, 0.717) is 34.9 Å². The standard InChI is InChI=1S/C20H19N3O5/c1-2-3-4-5-18-21-19(14-6-10-16(11-7-14)22(24)25)20(28-18)15-8-12-17(13-9-15)23(26)27/h6-13H,2-5H2,1H3. The Labute approximate surface area is 161 Å². The van der Waals surface area contributed by atoms with E-state index in [-0.39, 0.29) is 11.4 Å². The minimum atomic E-state index is -0.461. The Morgan fingerprint density at radius 2 is 1.39 bits per heavy atom. The van der Waals surface area contributed by atoms with Crippen molar-refractivity contribution in [2.75, 3.05) is 0 Å². The monoisotopic (exact) mass is 381 g/mol. The van der Waals surface area contributed by atoms with Crippen LogP contribution in [0.2, 0.25) is 0 Å². The number of unbranched alkanes of at least 4 members (excludes halogenated alkanes) is 2. The average molecular weight is 381 g/mol. The maximum atomic E-state index is 10.9. The van der Waals surface area contributed by atoms with E-state index in [1.165, 1.54) is 24.3 Å². The number of rotatable bonds is 8. The maximum absolute atomic E-state index is 10.9. The summed E-state index contributed by atoms with van der Waals surface area (Å²) in [4.78, 5) is 25.5. The first-order chi connectivity index (χ1) is 13.5. The Bertz CT molecular complexity index is 903. The van der Waals surface area contributed by atoms with E-state index in [4.69, 9.17) is 4.42 Å². The molecule has 0 aliphatic heterocycles. The zero-order valence-electron chi connectivity index (χ0n) is 15.3. The van der Waals surface area contributed by atoms with Crippen LogP contribution in [-0.2, 0) is 6.42 Å². The fourth-order valence-corrected chi connectivity index (χ4v) is 2.86. The number of nitro groups is 2. The van der Waals surface area contributed by atoms with Crippen molar-refractivity contribution >= 4 is 11.4 Å². The molecule has 0 bridgehead atoms. The number of aromatic nitrogens is 1. The van der Waals surface area contributed by atoms with Gasteiger partial charge >= 0.3 is 0 Å². The normalized spacial score (nSPS) is 10.8. The quantitative estimate of drug-likeness (QED) is 0.287. The number of benzene rings is 2. The lowest BCUT2D eigenvalue weighted by Crippen LogP contribution is -1.89. The second-order valence-corrected chi connectivity index (χ2v) is 6.35. The van der Waals surface area contributed by atoms with E-state index < -0.39 is 9.85 Å². The van der Waals surface area contributed by atoms with Gasteiger partial charge in [0.15, 0.2) is 11.7 Å². The van der Waals surface area contributed by atoms with Crippen molar-refractivity contribution in [1.82, 2.24) is 4.98 Å². The lowest BCUT2D eigenvalue weighted by Gasteiger charge is -2.02. The summed E-state index contributed by atoms with van der Waals surface area (Å²) in [5, 5.41) is 21.8. The molecule has 1 aromatic heterocycles. The molecule has 0 N–H and O–H groups in total. The van der Waals surface area contributed by atoms with E-state index in [2.05, 4.69) is 11.9 Å². The molecule has 0 aliphatic carbocycles. The third-order valence-corrected chi connectivity index (χ3v) is 4.36. The molecule has 8 heteroatoms. The lowest BCUT2D eigenvalue weighted by molar-refractivity contribution is -0.385. The number of hydrogen-bond donors (Lipinski definition) is 0. The molecule has 8 nitrogen and oxygen atoms in total. The van der Waals surface area contributed by atoms with Crippen LogP contribution in [0, 0.1) is 20.2 Å². The summed E-state index contributed by atoms with van der Waals surface area (Å²) in [6, 6.07) is 12.1. The summed E-state index contributed by atoms with van der Waals surface area (Å²) >= 11 is 0. The molecule has 3 aromatic rings. The Balaban J connectivity index is 2.01. The van der Waals surface area contributed by atoms with Crippen molar-refractivity contribution in [2.45, 2.75) is 32.6 Å². The Kier molecular flexibility index (Phi) is 5.78. The first-order valence-electron chi connectivity index (χ1n) is 8.99. The van der Waals surface area contributed by atoms with E-state index in [9.17, 15) is 20.2 Å². The highest BCUT2D eigenvalue weighted by Gasteiger charge is 2.18. The molecule has 0 fully saturated rings. The molecule has 0 spiro atoms. The van der Waals surface area contributed by atoms with Crippen LogP contribution < -0.4 is 0 Å². The first kappa shape index (κ1) is 19.2. The van der Waals surface area contributed by atoms with Gasteiger partial charge in [0.2, 0.25) is 0 Å². The van der Waals surface area contributed by atoms with Gasteiger partial charge in [-0.1, -0.05) is 19.8 Å². The Morgan fingerprint density at radius 3 is 1.89 bits per heavy atom. The van der Waals surface area contributed by atoms with Gasteiger partial charge in [-0.2, -0.15) is 0 Å². The molecular formula is C20H19N3O5. The number of oxazole rings is 1. The predicted octanol–water partition coefficient (Wildman–Crippen LogP) is 5.56. The van der Waals surface area contributed by atoms with Crippen molar-refractivity contribution in [2.24, 2.45) is 0 Å². The zero-order valence-corrected chi connectivity index (χ0v) is 15.3. The van der Waals surface area contributed by atoms with Gasteiger partial charge in [0.05, 0.1) is 9.85 Å². The third-order valence-electron chi connectivity index (χ3n) is 4.36. The molecule has 144 valence electrons. The molecular weight excluding hydrogens is 362 g/mol. The smallest absolute Gasteiger partial charge is 0.269 e. The van der Waals surface area contributed by atoms with Gasteiger partial charge in [0, 0.05) is 41.8 Å². The van der Waals surface area contributed by atoms with Crippen LogP contribution in [0.1, 0.15) is 32.1 Å². The summed E-state index contributed by atoms with van der Waals surface area (Å²) in [6.45, 7) is 2.11. The fraction of sp³-hybridized carbons (Fsp3) is 0.250. The minimum absolute atomic E-state index is 0.00713. The van der Waals surface area contributed by atoms with Crippen molar-refractivity contribution in [3.05, 3.63) is 74.7 Å². The largest absolute Gasteiger partial charge is 0.440 e. The van der Waals surface area contributed by atoms with Crippen LogP contribution in [0.5, 0.6) is 0 Å². The van der Waals surface area contributed by atoms with Gasteiger partial charge in [0.25, 0.3) is 11.4 Å². The summed E-state index contributed by atoms with van der Waals surface area (Å²) in [5.74, 6) is 1.07. The molecule has 0 aliphatic rings. The molecule has 28 heavy (non-hydrogen) atoms. The van der Waals surface area contributed by atoms with Crippen molar-refractivity contribution in [3.63, 3.8) is 0 Å². The molecule has 1 heterocycles. The summed E-state index contributed by atoms with van der Waals surface area (Å²) in [5.41, 5.74) is 1.89. The third kappa shape index (κ3) is 4.22. The Morgan fingerprint density at radius 1 is 0.857 bits per heavy atom. The van der Waals surface area contributed by atoms with E-state index in [1.807, 2.05) is 0 Å². The van der Waals surface area contributed by atoms with Crippen LogP contribution in [0.3, 0.4) is 0 Å². The molecule has 0 unspecified atom stereocenters. The second-order valence-electron chi connectivity index (χ2n) is 6.35. The van der Waals surface area contributed by atoms with E-state index in [0.717, 1.165) is 19.3 Å². The van der Waals surface area contributed by atoms with Gasteiger partial charge in [0.1, 0.15) is 5.69 Å². The molecule has 0 saturated carbocycles. The molecule has 3 rings (SSSR count). The highest BCUT2D eigenvalue weighted by Crippen LogP contribution is 2.34. The number of aryl methyl sites for hydroxylation is 1. The maximum Gasteiger partial charge on any atom is 0.269 e. The summed E-state index contributed by atoms with van der Waals surface area (Å²) < 4.78 is 5.97. The number of non-ortho nitro benzene ring substituents is 2. The second kappa shape index (κ2) is 8.43. The van der Waals surface area contributed by atoms with Gasteiger partial charge in [-0.15, -0.1) is 0 Å². The highest BCUT2D eigenvalue weighted by molar-refractivity contribution is 5.77. The van der Waals surface area contributed by atoms with E-state index >= 15 is 0 Å². The van der Waals surface area contributed by atoms with Crippen molar-refractivity contribution in [1.29, 1.82) is 0 Å². The van der Waals surface area contributed by atoms with Crippen LogP contribution in [0.15, 0.2) is 52.9 Å². The molecule has 0 radical (unpaired) electrons. The average Bonchev–Trinajstić information content (AvgIpc) is 3.12. The van der Waals surface area contributed by atoms with Crippen LogP contribution in [-0.4, -0.2) is 14.8 Å². The van der Waals surface area contributed by atoms with Crippen LogP contribution in [0.25, 0.3) is 22.6 Å². The molecule has 2 aromatic carbocycles. The number of nitrogens with zero attached hydrogens (tertiary/aromatic N) is 3. The van der Waals surface area contributed by atoms with E-state index in [1.54, 1.807) is 24.3 Å². The lowest BCUT2D eigenvalue weighted by atomic mass is 10.1. The molecule has 0 amide bonds. The Hall–Kier alpha value is -3.55. The number of nitro benzene ring substituents is 2. The van der Waals surface area contributed by atoms with Gasteiger partial charge in [-0.3, -0.25) is 20.2 Å². The van der Waals surface area contributed by atoms with Crippen LogP contribution >= 0.6 is 0 Å². The van der Waals surface area contributed by atoms with Crippen molar-refractivity contribution in [3.8, 4) is 22.6 Å². The van der Waals surface area contributed by atoms with Gasteiger partial charge in [-0.05, 0) is 30.7 Å². The first-order valence-corrected chi connectivity index (χ1v) is 8.99. The zero-order chi connectivity index (χ0) is 20.1. The SMILES string of the molecule is CCCCCc1nc(-c2ccc([N+](=O)[O-])cc2)c(-c2ccc([N+](=O)[O-])cc2)o1. The predicted molar refractivity (Wildman–Crippen MR) is 104 cm³/mol.